The number of hydrogen-bond acceptors (Lipinski definition) is 3. The van der Waals surface area contributed by atoms with Gasteiger partial charge in [-0.25, -0.2) is 0 Å². The largest absolute Gasteiger partial charge is 0.372 e. The second-order valence-corrected chi connectivity index (χ2v) is 7.42. The summed E-state index contributed by atoms with van der Waals surface area (Å²) >= 11 is 0. The Balaban J connectivity index is 1.85. The second-order valence-electron chi connectivity index (χ2n) is 7.42. The Kier molecular flexibility index (Phi) is 7.10. The van der Waals surface area contributed by atoms with Gasteiger partial charge in [0.1, 0.15) is 0 Å². The third-order valence-corrected chi connectivity index (χ3v) is 4.91. The van der Waals surface area contributed by atoms with Crippen molar-refractivity contribution >= 4 is 17.3 Å². The number of carbonyl (C=O) groups is 1. The molecule has 1 atom stereocenters. The molecule has 1 aliphatic rings. The van der Waals surface area contributed by atoms with E-state index in [0.29, 0.717) is 0 Å². The summed E-state index contributed by atoms with van der Waals surface area (Å²) in [5, 5.41) is 3.02. The second kappa shape index (κ2) is 9.07. The highest BCUT2D eigenvalue weighted by molar-refractivity contribution is 5.92. The Morgan fingerprint density at radius 2 is 1.88 bits per heavy atom. The van der Waals surface area contributed by atoms with Crippen molar-refractivity contribution in [2.75, 3.05) is 43.9 Å². The maximum atomic E-state index is 12.1. The lowest BCUT2D eigenvalue weighted by Gasteiger charge is -2.34. The zero-order valence-electron chi connectivity index (χ0n) is 15.7. The Bertz CT molecular complexity index is 504. The van der Waals surface area contributed by atoms with Gasteiger partial charge < -0.3 is 15.1 Å². The number of nitrogens with one attached hydrogen (secondary N) is 1. The van der Waals surface area contributed by atoms with E-state index in [9.17, 15) is 4.79 Å². The molecule has 4 nitrogen and oxygen atoms in total. The summed E-state index contributed by atoms with van der Waals surface area (Å²) in [6.45, 7) is 7.54. The first-order valence-corrected chi connectivity index (χ1v) is 9.30. The predicted molar refractivity (Wildman–Crippen MR) is 103 cm³/mol. The Morgan fingerprint density at radius 3 is 2.42 bits per heavy atom. The number of carbonyl (C=O) groups excluding carboxylic acids is 1. The summed E-state index contributed by atoms with van der Waals surface area (Å²) in [6, 6.07) is 8.31. The molecule has 1 amide bonds. The molecule has 0 saturated carbocycles. The van der Waals surface area contributed by atoms with Crippen molar-refractivity contribution in [2.24, 2.45) is 11.8 Å². The van der Waals surface area contributed by atoms with Crippen LogP contribution in [-0.4, -0.2) is 44.5 Å². The van der Waals surface area contributed by atoms with Crippen molar-refractivity contribution in [1.29, 1.82) is 0 Å². The van der Waals surface area contributed by atoms with Crippen molar-refractivity contribution < 1.29 is 4.79 Å². The van der Waals surface area contributed by atoms with Gasteiger partial charge in [-0.2, -0.15) is 0 Å². The zero-order valence-corrected chi connectivity index (χ0v) is 15.7. The molecule has 0 radical (unpaired) electrons. The van der Waals surface area contributed by atoms with Crippen LogP contribution in [0.25, 0.3) is 0 Å². The number of nitrogens with zero attached hydrogens (tertiary/aromatic N) is 2. The first-order valence-electron chi connectivity index (χ1n) is 9.30. The third-order valence-electron chi connectivity index (χ3n) is 4.91. The molecule has 24 heavy (non-hydrogen) atoms. The Morgan fingerprint density at radius 1 is 1.25 bits per heavy atom. The zero-order chi connectivity index (χ0) is 17.5. The summed E-state index contributed by atoms with van der Waals surface area (Å²) in [5.74, 6) is 1.01. The van der Waals surface area contributed by atoms with Gasteiger partial charge in [0.25, 0.3) is 0 Å². The highest BCUT2D eigenvalue weighted by Gasteiger charge is 2.20. The molecule has 1 N–H and O–H groups in total. The van der Waals surface area contributed by atoms with Crippen LogP contribution in [0.3, 0.4) is 0 Å². The number of anilines is 2. The molecular formula is C20H33N3O. The number of rotatable bonds is 7. The topological polar surface area (TPSA) is 35.6 Å². The molecular weight excluding hydrogens is 298 g/mol. The number of piperidine rings is 1. The number of amides is 1. The molecule has 1 unspecified atom stereocenters. The van der Waals surface area contributed by atoms with E-state index in [2.05, 4.69) is 48.3 Å². The molecule has 1 aliphatic heterocycles. The van der Waals surface area contributed by atoms with E-state index >= 15 is 0 Å². The summed E-state index contributed by atoms with van der Waals surface area (Å²) in [7, 11) is 4.31. The van der Waals surface area contributed by atoms with Gasteiger partial charge in [0, 0.05) is 36.9 Å². The molecule has 0 spiro atoms. The van der Waals surface area contributed by atoms with Crippen LogP contribution in [0.2, 0.25) is 0 Å². The number of hydrogen-bond donors (Lipinski definition) is 1. The average molecular weight is 332 g/mol. The van der Waals surface area contributed by atoms with Crippen molar-refractivity contribution in [3.8, 4) is 0 Å². The summed E-state index contributed by atoms with van der Waals surface area (Å²) < 4.78 is 0. The molecule has 0 aromatic heterocycles. The van der Waals surface area contributed by atoms with E-state index < -0.39 is 0 Å². The molecule has 1 saturated heterocycles. The maximum Gasteiger partial charge on any atom is 0.227 e. The quantitative estimate of drug-likeness (QED) is 0.824. The molecule has 1 heterocycles. The molecule has 1 aromatic carbocycles. The minimum atomic E-state index is 0.0744. The van der Waals surface area contributed by atoms with Gasteiger partial charge >= 0.3 is 0 Å². The van der Waals surface area contributed by atoms with E-state index in [4.69, 9.17) is 0 Å². The molecule has 1 fully saturated rings. The van der Waals surface area contributed by atoms with Crippen molar-refractivity contribution in [3.63, 3.8) is 0 Å². The van der Waals surface area contributed by atoms with Crippen LogP contribution >= 0.6 is 0 Å². The molecule has 0 aliphatic carbocycles. The van der Waals surface area contributed by atoms with Crippen molar-refractivity contribution in [2.45, 2.75) is 39.5 Å². The first kappa shape index (κ1) is 18.8. The van der Waals surface area contributed by atoms with Crippen LogP contribution in [0.4, 0.5) is 11.4 Å². The van der Waals surface area contributed by atoms with E-state index in [0.717, 1.165) is 37.5 Å². The van der Waals surface area contributed by atoms with E-state index in [1.54, 1.807) is 0 Å². The minimum absolute atomic E-state index is 0.0744. The molecule has 4 heteroatoms. The van der Waals surface area contributed by atoms with E-state index in [1.807, 2.05) is 19.1 Å². The van der Waals surface area contributed by atoms with Crippen molar-refractivity contribution in [3.05, 3.63) is 24.3 Å². The third kappa shape index (κ3) is 5.52. The minimum Gasteiger partial charge on any atom is -0.372 e. The highest BCUT2D eigenvalue weighted by Crippen LogP contribution is 2.25. The predicted octanol–water partition coefficient (Wildman–Crippen LogP) is 3.84. The average Bonchev–Trinajstić information content (AvgIpc) is 2.56. The van der Waals surface area contributed by atoms with Crippen LogP contribution in [0.1, 0.15) is 39.5 Å². The van der Waals surface area contributed by atoms with Gasteiger partial charge in [-0.15, -0.1) is 0 Å². The Labute approximate surface area is 147 Å². The van der Waals surface area contributed by atoms with Crippen molar-refractivity contribution in [1.82, 2.24) is 4.90 Å². The Hall–Kier alpha value is -1.55. The fourth-order valence-electron chi connectivity index (χ4n) is 3.48. The molecule has 0 bridgehead atoms. The SMILES string of the molecule is CCCC(C)C(=O)Nc1ccc(N2CCC(CN(C)C)CC2)cc1. The van der Waals surface area contributed by atoms with Crippen LogP contribution < -0.4 is 10.2 Å². The van der Waals surface area contributed by atoms with Gasteiger partial charge in [-0.05, 0) is 63.5 Å². The van der Waals surface area contributed by atoms with Gasteiger partial charge in [-0.1, -0.05) is 20.3 Å². The maximum absolute atomic E-state index is 12.1. The standard InChI is InChI=1S/C20H33N3O/c1-5-6-16(2)20(24)21-18-7-9-19(10-8-18)23-13-11-17(12-14-23)15-22(3)4/h7-10,16-17H,5-6,11-15H2,1-4H3,(H,21,24). The summed E-state index contributed by atoms with van der Waals surface area (Å²) in [6.07, 6.45) is 4.49. The summed E-state index contributed by atoms with van der Waals surface area (Å²) in [5.41, 5.74) is 2.16. The smallest absolute Gasteiger partial charge is 0.227 e. The first-order chi connectivity index (χ1) is 11.5. The monoisotopic (exact) mass is 331 g/mol. The van der Waals surface area contributed by atoms with E-state index in [1.165, 1.54) is 25.1 Å². The van der Waals surface area contributed by atoms with Gasteiger partial charge in [0.2, 0.25) is 5.91 Å². The van der Waals surface area contributed by atoms with Gasteiger partial charge in [0.15, 0.2) is 0 Å². The van der Waals surface area contributed by atoms with E-state index in [-0.39, 0.29) is 11.8 Å². The summed E-state index contributed by atoms with van der Waals surface area (Å²) in [4.78, 5) is 16.8. The fourth-order valence-corrected chi connectivity index (χ4v) is 3.48. The lowest BCUT2D eigenvalue weighted by Crippen LogP contribution is -2.37. The molecule has 2 rings (SSSR count). The van der Waals surface area contributed by atoms with Gasteiger partial charge in [0.05, 0.1) is 0 Å². The molecule has 134 valence electrons. The van der Waals surface area contributed by atoms with Crippen LogP contribution in [0.5, 0.6) is 0 Å². The van der Waals surface area contributed by atoms with Crippen LogP contribution in [0.15, 0.2) is 24.3 Å². The normalized spacial score (nSPS) is 17.1. The van der Waals surface area contributed by atoms with Gasteiger partial charge in [-0.3, -0.25) is 4.79 Å². The van der Waals surface area contributed by atoms with Crippen LogP contribution in [0, 0.1) is 11.8 Å². The molecule has 1 aromatic rings. The fraction of sp³-hybridized carbons (Fsp3) is 0.650. The lowest BCUT2D eigenvalue weighted by atomic mass is 9.96. The highest BCUT2D eigenvalue weighted by atomic mass is 16.1. The lowest BCUT2D eigenvalue weighted by molar-refractivity contribution is -0.119. The number of benzene rings is 1. The van der Waals surface area contributed by atoms with Crippen LogP contribution in [-0.2, 0) is 4.79 Å².